The van der Waals surface area contributed by atoms with Gasteiger partial charge in [0, 0.05) is 11.6 Å². The van der Waals surface area contributed by atoms with Gasteiger partial charge in [0.25, 0.3) is 5.91 Å². The van der Waals surface area contributed by atoms with Crippen LogP contribution in [0.3, 0.4) is 0 Å². The molecule has 0 radical (unpaired) electrons. The second kappa shape index (κ2) is 8.39. The molecule has 0 saturated carbocycles. The lowest BCUT2D eigenvalue weighted by molar-refractivity contribution is -0.113. The number of hydrogen-bond acceptors (Lipinski definition) is 4. The lowest BCUT2D eigenvalue weighted by Crippen LogP contribution is -2.23. The third-order valence-electron chi connectivity index (χ3n) is 4.51. The number of anilines is 2. The number of carbonyl (C=O) groups excluding carboxylic acids is 2. The molecule has 0 N–H and O–H groups in total. The van der Waals surface area contributed by atoms with Crippen LogP contribution >= 0.6 is 11.3 Å². The Morgan fingerprint density at radius 3 is 2.33 bits per heavy atom. The van der Waals surface area contributed by atoms with Gasteiger partial charge in [-0.15, -0.1) is 0 Å². The van der Waals surface area contributed by atoms with Gasteiger partial charge >= 0.3 is 0 Å². The summed E-state index contributed by atoms with van der Waals surface area (Å²) in [5.41, 5.74) is 2.68. The summed E-state index contributed by atoms with van der Waals surface area (Å²) in [4.78, 5) is 30.9. The van der Waals surface area contributed by atoms with E-state index >= 15 is 0 Å². The van der Waals surface area contributed by atoms with Gasteiger partial charge in [0.1, 0.15) is 5.82 Å². The van der Waals surface area contributed by atoms with Gasteiger partial charge in [-0.25, -0.2) is 9.37 Å². The van der Waals surface area contributed by atoms with Gasteiger partial charge in [-0.1, -0.05) is 35.6 Å². The second-order valence-electron chi connectivity index (χ2n) is 6.63. The molecule has 0 aliphatic heterocycles. The Morgan fingerprint density at radius 2 is 1.67 bits per heavy atom. The topological polar surface area (TPSA) is 50.3 Å². The standard InChI is InChI=1S/C24H17FN2O2S/c1-16(28)18-9-13-20(14-10-18)27(24-26-21-4-2-3-5-22(21)30-24)23(29)15-8-17-6-11-19(25)12-7-17/h2-15H,1H3/b15-8+. The minimum Gasteiger partial charge on any atom is -0.295 e. The van der Waals surface area contributed by atoms with Crippen LogP contribution in [-0.4, -0.2) is 16.7 Å². The molecule has 0 unspecified atom stereocenters. The number of carbonyl (C=O) groups is 2. The molecule has 0 bridgehead atoms. The highest BCUT2D eigenvalue weighted by Gasteiger charge is 2.20. The molecular formula is C24H17FN2O2S. The largest absolute Gasteiger partial charge is 0.295 e. The van der Waals surface area contributed by atoms with Gasteiger partial charge in [-0.3, -0.25) is 14.5 Å². The molecule has 0 aliphatic carbocycles. The number of thiazole rings is 1. The predicted molar refractivity (Wildman–Crippen MR) is 119 cm³/mol. The molecule has 1 aromatic heterocycles. The van der Waals surface area contributed by atoms with Crippen LogP contribution in [0.1, 0.15) is 22.8 Å². The van der Waals surface area contributed by atoms with Crippen molar-refractivity contribution in [2.75, 3.05) is 4.90 Å². The average molecular weight is 416 g/mol. The van der Waals surface area contributed by atoms with Crippen molar-refractivity contribution in [1.82, 2.24) is 4.98 Å². The number of amides is 1. The summed E-state index contributed by atoms with van der Waals surface area (Å²) < 4.78 is 14.1. The molecule has 0 saturated heterocycles. The van der Waals surface area contributed by atoms with Crippen LogP contribution in [0.25, 0.3) is 16.3 Å². The molecular weight excluding hydrogens is 399 g/mol. The number of nitrogens with zero attached hydrogens (tertiary/aromatic N) is 2. The number of rotatable bonds is 5. The molecule has 148 valence electrons. The van der Waals surface area contributed by atoms with Crippen LogP contribution in [0, 0.1) is 5.82 Å². The Bertz CT molecular complexity index is 1210. The number of aromatic nitrogens is 1. The third kappa shape index (κ3) is 4.18. The number of benzene rings is 3. The van der Waals surface area contributed by atoms with Crippen LogP contribution in [0.2, 0.25) is 0 Å². The van der Waals surface area contributed by atoms with Crippen LogP contribution in [0.4, 0.5) is 15.2 Å². The number of halogens is 1. The van der Waals surface area contributed by atoms with Crippen molar-refractivity contribution in [3.8, 4) is 0 Å². The first-order valence-electron chi connectivity index (χ1n) is 9.25. The molecule has 4 nitrogen and oxygen atoms in total. The van der Waals surface area contributed by atoms with Crippen molar-refractivity contribution >= 4 is 50.1 Å². The van der Waals surface area contributed by atoms with E-state index in [0.29, 0.717) is 21.9 Å². The van der Waals surface area contributed by atoms with Gasteiger partial charge in [-0.2, -0.15) is 0 Å². The Labute approximate surface area is 176 Å². The second-order valence-corrected chi connectivity index (χ2v) is 7.63. The van der Waals surface area contributed by atoms with Crippen LogP contribution in [-0.2, 0) is 4.79 Å². The van der Waals surface area contributed by atoms with E-state index in [4.69, 9.17) is 0 Å². The summed E-state index contributed by atoms with van der Waals surface area (Å²) >= 11 is 1.41. The fourth-order valence-corrected chi connectivity index (χ4v) is 3.94. The number of hydrogen-bond donors (Lipinski definition) is 0. The van der Waals surface area contributed by atoms with E-state index in [1.165, 1.54) is 41.4 Å². The van der Waals surface area contributed by atoms with E-state index in [1.54, 1.807) is 42.5 Å². The molecule has 3 aromatic carbocycles. The lowest BCUT2D eigenvalue weighted by Gasteiger charge is -2.18. The van der Waals surface area contributed by atoms with Crippen LogP contribution in [0.5, 0.6) is 0 Å². The zero-order valence-corrected chi connectivity index (χ0v) is 16.9. The number of para-hydroxylation sites is 1. The molecule has 0 atom stereocenters. The van der Waals surface area contributed by atoms with E-state index in [2.05, 4.69) is 4.98 Å². The zero-order valence-electron chi connectivity index (χ0n) is 16.1. The number of Topliss-reactive ketones (excluding diaryl/α,β-unsaturated/α-hetero) is 1. The van der Waals surface area contributed by atoms with Gasteiger partial charge in [0.15, 0.2) is 10.9 Å². The van der Waals surface area contributed by atoms with E-state index in [0.717, 1.165) is 10.2 Å². The van der Waals surface area contributed by atoms with Crippen molar-refractivity contribution in [1.29, 1.82) is 0 Å². The smallest absolute Gasteiger partial charge is 0.257 e. The minimum absolute atomic E-state index is 0.0457. The van der Waals surface area contributed by atoms with Gasteiger partial charge < -0.3 is 0 Å². The van der Waals surface area contributed by atoms with Crippen molar-refractivity contribution in [2.45, 2.75) is 6.92 Å². The SMILES string of the molecule is CC(=O)c1ccc(N(C(=O)/C=C/c2ccc(F)cc2)c2nc3ccccc3s2)cc1. The highest BCUT2D eigenvalue weighted by Crippen LogP contribution is 2.34. The molecule has 0 fully saturated rings. The fraction of sp³-hybridized carbons (Fsp3) is 0.0417. The van der Waals surface area contributed by atoms with Gasteiger partial charge in [0.05, 0.1) is 15.9 Å². The van der Waals surface area contributed by atoms with Crippen molar-refractivity contribution in [2.24, 2.45) is 0 Å². The zero-order chi connectivity index (χ0) is 21.1. The van der Waals surface area contributed by atoms with E-state index in [-0.39, 0.29) is 17.5 Å². The van der Waals surface area contributed by atoms with E-state index < -0.39 is 0 Å². The fourth-order valence-electron chi connectivity index (χ4n) is 2.95. The summed E-state index contributed by atoms with van der Waals surface area (Å²) in [6.07, 6.45) is 3.06. The lowest BCUT2D eigenvalue weighted by atomic mass is 10.1. The Kier molecular flexibility index (Phi) is 5.50. The quantitative estimate of drug-likeness (QED) is 0.295. The summed E-state index contributed by atoms with van der Waals surface area (Å²) in [7, 11) is 0. The first-order valence-corrected chi connectivity index (χ1v) is 10.1. The molecule has 4 aromatic rings. The molecule has 30 heavy (non-hydrogen) atoms. The minimum atomic E-state index is -0.333. The monoisotopic (exact) mass is 416 g/mol. The Balaban J connectivity index is 1.73. The van der Waals surface area contributed by atoms with Crippen molar-refractivity contribution in [3.63, 3.8) is 0 Å². The van der Waals surface area contributed by atoms with Crippen LogP contribution < -0.4 is 4.90 Å². The first-order chi connectivity index (χ1) is 14.5. The third-order valence-corrected chi connectivity index (χ3v) is 5.54. The van der Waals surface area contributed by atoms with Gasteiger partial charge in [0.2, 0.25) is 0 Å². The summed E-state index contributed by atoms with van der Waals surface area (Å²) in [5, 5.41) is 0.528. The van der Waals surface area contributed by atoms with Crippen molar-refractivity contribution < 1.29 is 14.0 Å². The molecule has 1 heterocycles. The summed E-state index contributed by atoms with van der Waals surface area (Å²) in [5.74, 6) is -0.676. The van der Waals surface area contributed by atoms with Gasteiger partial charge in [-0.05, 0) is 67.1 Å². The normalized spacial score (nSPS) is 11.1. The summed E-state index contributed by atoms with van der Waals surface area (Å²) in [6.45, 7) is 1.50. The average Bonchev–Trinajstić information content (AvgIpc) is 3.17. The molecule has 4 rings (SSSR count). The number of ketones is 1. The molecule has 6 heteroatoms. The van der Waals surface area contributed by atoms with Crippen LogP contribution in [0.15, 0.2) is 78.9 Å². The van der Waals surface area contributed by atoms with E-state index in [1.807, 2.05) is 24.3 Å². The predicted octanol–water partition coefficient (Wildman–Crippen LogP) is 6.02. The Morgan fingerprint density at radius 1 is 0.967 bits per heavy atom. The maximum absolute atomic E-state index is 13.1. The Hall–Kier alpha value is -3.64. The molecule has 0 spiro atoms. The maximum Gasteiger partial charge on any atom is 0.257 e. The number of fused-ring (bicyclic) bond motifs is 1. The highest BCUT2D eigenvalue weighted by atomic mass is 32.1. The first kappa shape index (κ1) is 19.7. The maximum atomic E-state index is 13.1. The highest BCUT2D eigenvalue weighted by molar-refractivity contribution is 7.22. The van der Waals surface area contributed by atoms with Crippen molar-refractivity contribution in [3.05, 3.63) is 95.8 Å². The summed E-state index contributed by atoms with van der Waals surface area (Å²) in [6, 6.07) is 20.4. The molecule has 1 amide bonds. The molecule has 0 aliphatic rings. The van der Waals surface area contributed by atoms with E-state index in [9.17, 15) is 14.0 Å².